The lowest BCUT2D eigenvalue weighted by Crippen LogP contribution is -2.36. The highest BCUT2D eigenvalue weighted by Crippen LogP contribution is 2.46. The molecule has 1 spiro atoms. The quantitative estimate of drug-likeness (QED) is 0.827. The van der Waals surface area contributed by atoms with E-state index in [0.29, 0.717) is 16.5 Å². The summed E-state index contributed by atoms with van der Waals surface area (Å²) in [6.07, 6.45) is 14.9. The largest absolute Gasteiger partial charge is 0.370 e. The van der Waals surface area contributed by atoms with E-state index in [1.807, 2.05) is 11.8 Å². The minimum absolute atomic E-state index is 0.293. The minimum atomic E-state index is 0.293. The van der Waals surface area contributed by atoms with Crippen LogP contribution >= 0.6 is 11.8 Å². The molecule has 3 rings (SSSR count). The van der Waals surface area contributed by atoms with Crippen LogP contribution < -0.4 is 5.32 Å². The minimum Gasteiger partial charge on any atom is -0.370 e. The summed E-state index contributed by atoms with van der Waals surface area (Å²) in [4.78, 5) is 0. The molecule has 0 bridgehead atoms. The van der Waals surface area contributed by atoms with Crippen LogP contribution in [0.1, 0.15) is 57.8 Å². The number of thioether (sulfide) groups is 1. The summed E-state index contributed by atoms with van der Waals surface area (Å²) in [5.74, 6) is 0. The number of hydrogen-bond donors (Lipinski definition) is 1. The number of hydrogen-bond acceptors (Lipinski definition) is 3. The Morgan fingerprint density at radius 3 is 2.56 bits per heavy atom. The molecule has 3 fully saturated rings. The van der Waals surface area contributed by atoms with E-state index in [1.54, 1.807) is 0 Å². The van der Waals surface area contributed by atoms with Crippen molar-refractivity contribution in [2.75, 3.05) is 19.3 Å². The summed E-state index contributed by atoms with van der Waals surface area (Å²) < 4.78 is 6.97. The summed E-state index contributed by atoms with van der Waals surface area (Å²) in [7, 11) is 0. The van der Waals surface area contributed by atoms with Crippen molar-refractivity contribution in [1.82, 2.24) is 5.32 Å². The van der Waals surface area contributed by atoms with Crippen molar-refractivity contribution in [3.63, 3.8) is 0 Å². The van der Waals surface area contributed by atoms with Gasteiger partial charge in [-0.1, -0.05) is 19.3 Å². The van der Waals surface area contributed by atoms with Crippen LogP contribution in [0.15, 0.2) is 0 Å². The molecule has 3 aliphatic rings. The van der Waals surface area contributed by atoms with Crippen LogP contribution in [-0.4, -0.2) is 35.8 Å². The van der Waals surface area contributed by atoms with Crippen molar-refractivity contribution < 1.29 is 4.74 Å². The third-order valence-corrected chi connectivity index (χ3v) is 6.58. The molecule has 1 heterocycles. The lowest BCUT2D eigenvalue weighted by Gasteiger charge is -2.33. The maximum Gasteiger partial charge on any atom is 0.0708 e. The third kappa shape index (κ3) is 2.88. The molecule has 3 heteroatoms. The van der Waals surface area contributed by atoms with Crippen molar-refractivity contribution in [3.8, 4) is 0 Å². The second-order valence-electron chi connectivity index (χ2n) is 6.54. The molecule has 1 saturated heterocycles. The van der Waals surface area contributed by atoms with Gasteiger partial charge in [-0.05, 0) is 44.8 Å². The van der Waals surface area contributed by atoms with Gasteiger partial charge < -0.3 is 10.1 Å². The number of nitrogens with one attached hydrogen (secondary N) is 1. The van der Waals surface area contributed by atoms with Crippen molar-refractivity contribution in [2.45, 2.75) is 74.2 Å². The highest BCUT2D eigenvalue weighted by atomic mass is 32.2. The van der Waals surface area contributed by atoms with Crippen molar-refractivity contribution in [2.24, 2.45) is 0 Å². The standard InChI is InChI=1S/C15H27NOS/c1-18-15(9-10-15)12-16-11-13-5-8-14(17-13)6-3-2-4-7-14/h13,16H,2-12H2,1H3. The maximum atomic E-state index is 6.39. The molecule has 1 N–H and O–H groups in total. The second-order valence-corrected chi connectivity index (χ2v) is 7.81. The molecule has 1 unspecified atom stereocenters. The van der Waals surface area contributed by atoms with Crippen molar-refractivity contribution >= 4 is 11.8 Å². The van der Waals surface area contributed by atoms with E-state index in [-0.39, 0.29) is 0 Å². The number of ether oxygens (including phenoxy) is 1. The fourth-order valence-corrected chi connectivity index (χ4v) is 4.41. The maximum absolute atomic E-state index is 6.39. The highest BCUT2D eigenvalue weighted by Gasteiger charge is 2.43. The lowest BCUT2D eigenvalue weighted by atomic mass is 9.83. The van der Waals surface area contributed by atoms with E-state index < -0.39 is 0 Å². The smallest absolute Gasteiger partial charge is 0.0708 e. The normalized spacial score (nSPS) is 32.8. The Labute approximate surface area is 116 Å². The zero-order valence-corrected chi connectivity index (χ0v) is 12.5. The summed E-state index contributed by atoms with van der Waals surface area (Å²) in [6, 6.07) is 0. The average Bonchev–Trinajstić information content (AvgIpc) is 3.09. The van der Waals surface area contributed by atoms with Gasteiger partial charge in [0.1, 0.15) is 0 Å². The van der Waals surface area contributed by atoms with Gasteiger partial charge in [0, 0.05) is 17.8 Å². The van der Waals surface area contributed by atoms with Crippen LogP contribution in [0.4, 0.5) is 0 Å². The number of rotatable bonds is 5. The molecule has 0 amide bonds. The lowest BCUT2D eigenvalue weighted by molar-refractivity contribution is -0.0622. The molecule has 104 valence electrons. The molecular formula is C15H27NOS. The zero-order chi connectivity index (χ0) is 12.5. The van der Waals surface area contributed by atoms with E-state index in [0.717, 1.165) is 6.54 Å². The Hall–Kier alpha value is 0.270. The van der Waals surface area contributed by atoms with E-state index in [9.17, 15) is 0 Å². The molecule has 18 heavy (non-hydrogen) atoms. The van der Waals surface area contributed by atoms with Gasteiger partial charge in [-0.15, -0.1) is 0 Å². The van der Waals surface area contributed by atoms with Gasteiger partial charge in [-0.25, -0.2) is 0 Å². The summed E-state index contributed by atoms with van der Waals surface area (Å²) in [6.45, 7) is 2.26. The topological polar surface area (TPSA) is 21.3 Å². The Morgan fingerprint density at radius 1 is 1.11 bits per heavy atom. The van der Waals surface area contributed by atoms with E-state index in [2.05, 4.69) is 11.6 Å². The second kappa shape index (κ2) is 5.34. The molecule has 2 nitrogen and oxygen atoms in total. The fourth-order valence-electron chi connectivity index (χ4n) is 3.66. The van der Waals surface area contributed by atoms with Crippen LogP contribution in [0.2, 0.25) is 0 Å². The first kappa shape index (κ1) is 13.3. The van der Waals surface area contributed by atoms with Crippen LogP contribution in [0.3, 0.4) is 0 Å². The van der Waals surface area contributed by atoms with Crippen LogP contribution in [0.25, 0.3) is 0 Å². The first-order chi connectivity index (χ1) is 8.76. The van der Waals surface area contributed by atoms with Crippen LogP contribution in [-0.2, 0) is 4.74 Å². The van der Waals surface area contributed by atoms with Gasteiger partial charge in [0.15, 0.2) is 0 Å². The molecule has 0 aromatic heterocycles. The predicted molar refractivity (Wildman–Crippen MR) is 78.3 cm³/mol. The van der Waals surface area contributed by atoms with Crippen LogP contribution in [0.5, 0.6) is 0 Å². The van der Waals surface area contributed by atoms with Gasteiger partial charge >= 0.3 is 0 Å². The van der Waals surface area contributed by atoms with Gasteiger partial charge in [-0.2, -0.15) is 11.8 Å². The Kier molecular flexibility index (Phi) is 3.93. The van der Waals surface area contributed by atoms with Gasteiger partial charge in [0.25, 0.3) is 0 Å². The monoisotopic (exact) mass is 269 g/mol. The van der Waals surface area contributed by atoms with E-state index >= 15 is 0 Å². The zero-order valence-electron chi connectivity index (χ0n) is 11.7. The molecule has 0 radical (unpaired) electrons. The fraction of sp³-hybridized carbons (Fsp3) is 1.00. The molecule has 0 aromatic carbocycles. The van der Waals surface area contributed by atoms with Gasteiger partial charge in [0.05, 0.1) is 11.7 Å². The van der Waals surface area contributed by atoms with E-state index in [1.165, 1.54) is 64.3 Å². The predicted octanol–water partition coefficient (Wildman–Crippen LogP) is 3.35. The molecular weight excluding hydrogens is 242 g/mol. The molecule has 1 atom stereocenters. The van der Waals surface area contributed by atoms with Crippen molar-refractivity contribution in [1.29, 1.82) is 0 Å². The molecule has 1 aliphatic heterocycles. The summed E-state index contributed by atoms with van der Waals surface area (Å²) in [5.41, 5.74) is 0.293. The molecule has 2 aliphatic carbocycles. The van der Waals surface area contributed by atoms with Gasteiger partial charge in [-0.3, -0.25) is 0 Å². The summed E-state index contributed by atoms with van der Waals surface area (Å²) in [5, 5.41) is 3.66. The highest BCUT2D eigenvalue weighted by molar-refractivity contribution is 8.00. The molecule has 0 aromatic rings. The summed E-state index contributed by atoms with van der Waals surface area (Å²) >= 11 is 2.04. The van der Waals surface area contributed by atoms with Gasteiger partial charge in [0.2, 0.25) is 0 Å². The first-order valence-corrected chi connectivity index (χ1v) is 8.92. The third-order valence-electron chi connectivity index (χ3n) is 5.16. The van der Waals surface area contributed by atoms with Crippen LogP contribution in [0, 0.1) is 0 Å². The van der Waals surface area contributed by atoms with Crippen molar-refractivity contribution in [3.05, 3.63) is 0 Å². The SMILES string of the molecule is CSC1(CNCC2CCC3(CCCCC3)O2)CC1. The Balaban J connectivity index is 1.39. The first-order valence-electron chi connectivity index (χ1n) is 7.70. The van der Waals surface area contributed by atoms with E-state index in [4.69, 9.17) is 4.74 Å². The Bertz CT molecular complexity index is 284. The Morgan fingerprint density at radius 2 is 1.89 bits per heavy atom. The molecule has 2 saturated carbocycles. The average molecular weight is 269 g/mol.